The van der Waals surface area contributed by atoms with E-state index in [-0.39, 0.29) is 30.0 Å². The van der Waals surface area contributed by atoms with Crippen molar-refractivity contribution >= 4 is 21.6 Å². The zero-order valence-corrected chi connectivity index (χ0v) is 17.9. The Morgan fingerprint density at radius 1 is 1.31 bits per heavy atom. The Labute approximate surface area is 171 Å². The van der Waals surface area contributed by atoms with E-state index in [9.17, 15) is 13.2 Å². The fourth-order valence-electron chi connectivity index (χ4n) is 3.32. The number of likely N-dealkylation sites (N-methyl/N-ethyl adjacent to an activating group) is 1. The van der Waals surface area contributed by atoms with E-state index in [0.717, 1.165) is 11.4 Å². The van der Waals surface area contributed by atoms with Crippen molar-refractivity contribution < 1.29 is 17.9 Å². The van der Waals surface area contributed by atoms with Crippen LogP contribution in [0.5, 0.6) is 5.75 Å². The van der Waals surface area contributed by atoms with Gasteiger partial charge in [0.2, 0.25) is 5.91 Å². The Hall–Kier alpha value is -2.39. The van der Waals surface area contributed by atoms with Crippen LogP contribution in [0.25, 0.3) is 0 Å². The van der Waals surface area contributed by atoms with Crippen molar-refractivity contribution in [1.29, 1.82) is 0 Å². The van der Waals surface area contributed by atoms with Gasteiger partial charge in [0.25, 0.3) is 0 Å². The van der Waals surface area contributed by atoms with Gasteiger partial charge in [-0.15, -0.1) is 0 Å². The number of hydrogen-bond donors (Lipinski definition) is 1. The normalized spacial score (nSPS) is 18.1. The number of anilines is 1. The summed E-state index contributed by atoms with van der Waals surface area (Å²) in [5, 5.41) is 7.25. The highest BCUT2D eigenvalue weighted by atomic mass is 32.2. The molecule has 1 unspecified atom stereocenters. The number of sulfone groups is 1. The molecule has 1 aliphatic rings. The van der Waals surface area contributed by atoms with Crippen LogP contribution < -0.4 is 10.1 Å². The maximum Gasteiger partial charge on any atom is 0.239 e. The van der Waals surface area contributed by atoms with Gasteiger partial charge in [-0.2, -0.15) is 5.10 Å². The lowest BCUT2D eigenvalue weighted by molar-refractivity contribution is -0.117. The Kier molecular flexibility index (Phi) is 6.59. The molecular weight excluding hydrogens is 392 g/mol. The number of amides is 1. The minimum Gasteiger partial charge on any atom is -0.492 e. The van der Waals surface area contributed by atoms with Crippen LogP contribution in [-0.4, -0.2) is 67.3 Å². The van der Waals surface area contributed by atoms with Crippen LogP contribution >= 0.6 is 0 Å². The van der Waals surface area contributed by atoms with Gasteiger partial charge in [-0.1, -0.05) is 17.7 Å². The fourth-order valence-corrected chi connectivity index (χ4v) is 5.01. The van der Waals surface area contributed by atoms with Crippen molar-refractivity contribution in [3.8, 4) is 5.75 Å². The fraction of sp³-hybridized carbons (Fsp3) is 0.500. The molecule has 1 amide bonds. The number of aryl methyl sites for hydroxylation is 2. The number of benzene rings is 1. The summed E-state index contributed by atoms with van der Waals surface area (Å²) in [4.78, 5) is 14.3. The first kappa shape index (κ1) is 21.3. The van der Waals surface area contributed by atoms with Gasteiger partial charge < -0.3 is 10.1 Å². The lowest BCUT2D eigenvalue weighted by Gasteiger charge is -2.18. The molecule has 0 saturated carbocycles. The van der Waals surface area contributed by atoms with Crippen LogP contribution in [0.1, 0.15) is 23.7 Å². The number of nitrogens with zero attached hydrogens (tertiary/aromatic N) is 3. The molecule has 1 fully saturated rings. The second kappa shape index (κ2) is 8.96. The number of ether oxygens (including phenoxy) is 1. The van der Waals surface area contributed by atoms with Crippen molar-refractivity contribution in [1.82, 2.24) is 14.7 Å². The predicted molar refractivity (Wildman–Crippen MR) is 112 cm³/mol. The number of carbonyl (C=O) groups excluding carboxylic acids is 1. The summed E-state index contributed by atoms with van der Waals surface area (Å²) in [5.74, 6) is 1.39. The van der Waals surface area contributed by atoms with E-state index < -0.39 is 9.84 Å². The third-order valence-corrected chi connectivity index (χ3v) is 6.61. The molecule has 1 atom stereocenters. The maximum atomic E-state index is 12.4. The minimum absolute atomic E-state index is 0.0627. The quantitative estimate of drug-likeness (QED) is 0.700. The molecule has 0 spiro atoms. The molecule has 1 aromatic heterocycles. The van der Waals surface area contributed by atoms with E-state index >= 15 is 0 Å². The highest BCUT2D eigenvalue weighted by Crippen LogP contribution is 2.27. The van der Waals surface area contributed by atoms with Crippen molar-refractivity contribution in [2.45, 2.75) is 26.3 Å². The van der Waals surface area contributed by atoms with Crippen LogP contribution in [0, 0.1) is 13.8 Å². The monoisotopic (exact) mass is 420 g/mol. The summed E-state index contributed by atoms with van der Waals surface area (Å²) in [6.45, 7) is 5.12. The molecule has 2 aromatic rings. The molecule has 1 aliphatic heterocycles. The molecule has 1 aromatic carbocycles. The molecule has 3 rings (SSSR count). The van der Waals surface area contributed by atoms with Crippen LogP contribution in [0.15, 0.2) is 30.3 Å². The second-order valence-electron chi connectivity index (χ2n) is 7.62. The number of aromatic nitrogens is 2. The number of rotatable bonds is 8. The average Bonchev–Trinajstić information content (AvgIpc) is 3.18. The molecule has 1 saturated heterocycles. The standard InChI is InChI=1S/C20H28N4O4S/c1-15-4-6-18(7-5-15)28-10-9-23(3)13-20(25)21-19-12-16(2)22-24(19)17-8-11-29(26,27)14-17/h4-7,12,17H,8-11,13-14H2,1-3H3,(H,21,25). The number of hydrogen-bond acceptors (Lipinski definition) is 6. The Morgan fingerprint density at radius 2 is 2.03 bits per heavy atom. The SMILES string of the molecule is Cc1ccc(OCCN(C)CC(=O)Nc2cc(C)nn2C2CCS(=O)(=O)C2)cc1. The van der Waals surface area contributed by atoms with Crippen LogP contribution in [0.4, 0.5) is 5.82 Å². The third kappa shape index (κ3) is 6.04. The molecule has 8 nitrogen and oxygen atoms in total. The minimum atomic E-state index is -3.03. The van der Waals surface area contributed by atoms with E-state index in [1.807, 2.05) is 50.1 Å². The van der Waals surface area contributed by atoms with E-state index in [2.05, 4.69) is 10.4 Å². The van der Waals surface area contributed by atoms with Crippen LogP contribution in [0.3, 0.4) is 0 Å². The smallest absolute Gasteiger partial charge is 0.239 e. The van der Waals surface area contributed by atoms with Gasteiger partial charge in [0.15, 0.2) is 9.84 Å². The molecular formula is C20H28N4O4S. The summed E-state index contributed by atoms with van der Waals surface area (Å²) >= 11 is 0. The van der Waals surface area contributed by atoms with Crippen LogP contribution in [-0.2, 0) is 14.6 Å². The largest absolute Gasteiger partial charge is 0.492 e. The van der Waals surface area contributed by atoms with E-state index in [1.165, 1.54) is 5.56 Å². The van der Waals surface area contributed by atoms with Crippen molar-refractivity contribution in [3.05, 3.63) is 41.6 Å². The molecule has 9 heteroatoms. The highest BCUT2D eigenvalue weighted by Gasteiger charge is 2.31. The topological polar surface area (TPSA) is 93.5 Å². The van der Waals surface area contributed by atoms with Gasteiger partial charge in [-0.05, 0) is 39.4 Å². The van der Waals surface area contributed by atoms with Gasteiger partial charge in [-0.3, -0.25) is 9.69 Å². The third-order valence-electron chi connectivity index (χ3n) is 4.86. The number of carbonyl (C=O) groups is 1. The van der Waals surface area contributed by atoms with Gasteiger partial charge in [0.1, 0.15) is 18.2 Å². The lowest BCUT2D eigenvalue weighted by Crippen LogP contribution is -2.33. The summed E-state index contributed by atoms with van der Waals surface area (Å²) in [7, 11) is -1.18. The Morgan fingerprint density at radius 3 is 2.69 bits per heavy atom. The molecule has 0 bridgehead atoms. The maximum absolute atomic E-state index is 12.4. The summed E-state index contributed by atoms with van der Waals surface area (Å²) in [5.41, 5.74) is 1.92. The zero-order valence-electron chi connectivity index (χ0n) is 17.1. The average molecular weight is 421 g/mol. The molecule has 2 heterocycles. The number of nitrogens with one attached hydrogen (secondary N) is 1. The second-order valence-corrected chi connectivity index (χ2v) is 9.85. The molecule has 158 valence electrons. The molecule has 0 aliphatic carbocycles. The van der Waals surface area contributed by atoms with E-state index in [0.29, 0.717) is 25.4 Å². The van der Waals surface area contributed by atoms with Crippen molar-refractivity contribution in [2.24, 2.45) is 0 Å². The van der Waals surface area contributed by atoms with Gasteiger partial charge >= 0.3 is 0 Å². The summed E-state index contributed by atoms with van der Waals surface area (Å²) in [6, 6.07) is 9.37. The van der Waals surface area contributed by atoms with Gasteiger partial charge in [-0.25, -0.2) is 13.1 Å². The molecule has 1 N–H and O–H groups in total. The first-order valence-electron chi connectivity index (χ1n) is 9.66. The Balaban J connectivity index is 1.49. The molecule has 0 radical (unpaired) electrons. The van der Waals surface area contributed by atoms with Gasteiger partial charge in [0.05, 0.1) is 29.8 Å². The van der Waals surface area contributed by atoms with Crippen LogP contribution in [0.2, 0.25) is 0 Å². The molecule has 29 heavy (non-hydrogen) atoms. The summed E-state index contributed by atoms with van der Waals surface area (Å²) < 4.78 is 30.9. The van der Waals surface area contributed by atoms with E-state index in [4.69, 9.17) is 4.74 Å². The van der Waals surface area contributed by atoms with Crippen molar-refractivity contribution in [3.63, 3.8) is 0 Å². The highest BCUT2D eigenvalue weighted by molar-refractivity contribution is 7.91. The first-order chi connectivity index (χ1) is 13.7. The van der Waals surface area contributed by atoms with Crippen molar-refractivity contribution in [2.75, 3.05) is 43.6 Å². The predicted octanol–water partition coefficient (Wildman–Crippen LogP) is 1.81. The van der Waals surface area contributed by atoms with E-state index in [1.54, 1.807) is 10.7 Å². The lowest BCUT2D eigenvalue weighted by atomic mass is 10.2. The Bertz CT molecular complexity index is 953. The summed E-state index contributed by atoms with van der Waals surface area (Å²) in [6.07, 6.45) is 0.516. The first-order valence-corrected chi connectivity index (χ1v) is 11.5. The van der Waals surface area contributed by atoms with Gasteiger partial charge in [0, 0.05) is 12.6 Å². The zero-order chi connectivity index (χ0) is 21.0.